The molecule has 3 rings (SSSR count). The molecule has 1 aliphatic rings. The number of nitrogens with one attached hydrogen (secondary N) is 3. The standard InChI is InChI=1S/C15H16F4N4O2.ClH/c16-14(3-5-20-6-4-14)8-21-11-7-9(12-22-23-13(24)25-12)1-2-10(11)15(17,18)19;/h1-2,7,20-21H,3-6,8H2,(H,23,24);1H. The maximum atomic E-state index is 14.7. The van der Waals surface area contributed by atoms with Crippen LogP contribution < -0.4 is 16.4 Å². The number of hydrogen-bond donors (Lipinski definition) is 3. The van der Waals surface area contributed by atoms with Crippen LogP contribution in [0.1, 0.15) is 18.4 Å². The molecule has 0 saturated carbocycles. The highest BCUT2D eigenvalue weighted by Crippen LogP contribution is 2.37. The molecule has 0 radical (unpaired) electrons. The van der Waals surface area contributed by atoms with Crippen LogP contribution >= 0.6 is 12.4 Å². The zero-order chi connectivity index (χ0) is 18.1. The fourth-order valence-electron chi connectivity index (χ4n) is 2.73. The Morgan fingerprint density at radius 1 is 1.27 bits per heavy atom. The van der Waals surface area contributed by atoms with Crippen LogP contribution in [0.15, 0.2) is 27.4 Å². The van der Waals surface area contributed by atoms with Crippen LogP contribution in [0.3, 0.4) is 0 Å². The largest absolute Gasteiger partial charge is 0.434 e. The van der Waals surface area contributed by atoms with Crippen LogP contribution in [-0.2, 0) is 6.18 Å². The lowest BCUT2D eigenvalue weighted by molar-refractivity contribution is -0.137. The van der Waals surface area contributed by atoms with E-state index in [9.17, 15) is 22.4 Å². The van der Waals surface area contributed by atoms with Gasteiger partial charge in [0.2, 0.25) is 5.89 Å². The molecule has 1 fully saturated rings. The Morgan fingerprint density at radius 3 is 2.54 bits per heavy atom. The molecule has 26 heavy (non-hydrogen) atoms. The van der Waals surface area contributed by atoms with Crippen molar-refractivity contribution < 1.29 is 22.0 Å². The van der Waals surface area contributed by atoms with E-state index in [1.54, 1.807) is 0 Å². The van der Waals surface area contributed by atoms with Gasteiger partial charge in [-0.1, -0.05) is 0 Å². The monoisotopic (exact) mass is 396 g/mol. The molecule has 1 aliphatic heterocycles. The molecule has 11 heteroatoms. The molecule has 0 spiro atoms. The van der Waals surface area contributed by atoms with Gasteiger partial charge in [-0.15, -0.1) is 17.5 Å². The summed E-state index contributed by atoms with van der Waals surface area (Å²) in [5, 5.41) is 11.2. The summed E-state index contributed by atoms with van der Waals surface area (Å²) in [6.07, 6.45) is -4.17. The van der Waals surface area contributed by atoms with Gasteiger partial charge in [-0.25, -0.2) is 14.3 Å². The lowest BCUT2D eigenvalue weighted by Crippen LogP contribution is -2.43. The number of aromatic nitrogens is 2. The third kappa shape index (κ3) is 4.55. The van der Waals surface area contributed by atoms with Gasteiger partial charge >= 0.3 is 11.9 Å². The van der Waals surface area contributed by atoms with Gasteiger partial charge in [0.15, 0.2) is 0 Å². The summed E-state index contributed by atoms with van der Waals surface area (Å²) >= 11 is 0. The first-order valence-corrected chi connectivity index (χ1v) is 7.67. The average molecular weight is 397 g/mol. The van der Waals surface area contributed by atoms with Crippen molar-refractivity contribution in [1.82, 2.24) is 15.5 Å². The van der Waals surface area contributed by atoms with Crippen LogP contribution in [0.25, 0.3) is 11.5 Å². The van der Waals surface area contributed by atoms with Crippen LogP contribution in [-0.4, -0.2) is 35.5 Å². The number of H-pyrrole nitrogens is 1. The molecule has 1 aromatic carbocycles. The van der Waals surface area contributed by atoms with Gasteiger partial charge in [0.1, 0.15) is 5.67 Å². The highest BCUT2D eigenvalue weighted by atomic mass is 35.5. The highest BCUT2D eigenvalue weighted by Gasteiger charge is 2.36. The Morgan fingerprint density at radius 2 is 1.96 bits per heavy atom. The minimum absolute atomic E-state index is 0. The van der Waals surface area contributed by atoms with Gasteiger partial charge in [-0.05, 0) is 44.1 Å². The van der Waals surface area contributed by atoms with Crippen molar-refractivity contribution in [2.24, 2.45) is 0 Å². The summed E-state index contributed by atoms with van der Waals surface area (Å²) < 4.78 is 59.0. The van der Waals surface area contributed by atoms with E-state index in [4.69, 9.17) is 4.42 Å². The summed E-state index contributed by atoms with van der Waals surface area (Å²) in [4.78, 5) is 11.0. The first-order valence-electron chi connectivity index (χ1n) is 7.67. The number of hydrogen-bond acceptors (Lipinski definition) is 5. The van der Waals surface area contributed by atoms with E-state index in [0.29, 0.717) is 13.1 Å². The zero-order valence-corrected chi connectivity index (χ0v) is 14.3. The number of piperidine rings is 1. The number of anilines is 1. The number of alkyl halides is 4. The van der Waals surface area contributed by atoms with E-state index in [-0.39, 0.29) is 48.9 Å². The number of benzene rings is 1. The van der Waals surface area contributed by atoms with Crippen molar-refractivity contribution in [3.63, 3.8) is 0 Å². The molecule has 1 aromatic heterocycles. The minimum atomic E-state index is -4.61. The van der Waals surface area contributed by atoms with Crippen LogP contribution in [0.2, 0.25) is 0 Å². The molecule has 0 amide bonds. The van der Waals surface area contributed by atoms with Crippen molar-refractivity contribution >= 4 is 18.1 Å². The molecule has 3 N–H and O–H groups in total. The summed E-state index contributed by atoms with van der Waals surface area (Å²) in [6, 6.07) is 3.13. The third-order valence-electron chi connectivity index (χ3n) is 4.11. The van der Waals surface area contributed by atoms with Crippen LogP contribution in [0.5, 0.6) is 0 Å². The van der Waals surface area contributed by atoms with Crippen molar-refractivity contribution in [3.05, 3.63) is 34.3 Å². The second-order valence-corrected chi connectivity index (χ2v) is 5.93. The third-order valence-corrected chi connectivity index (χ3v) is 4.11. The first-order chi connectivity index (χ1) is 11.8. The van der Waals surface area contributed by atoms with Crippen molar-refractivity contribution in [3.8, 4) is 11.5 Å². The van der Waals surface area contributed by atoms with Crippen LogP contribution in [0, 0.1) is 0 Å². The first kappa shape index (κ1) is 20.2. The molecule has 0 atom stereocenters. The van der Waals surface area contributed by atoms with Gasteiger partial charge in [-0.2, -0.15) is 13.2 Å². The number of nitrogens with zero attached hydrogens (tertiary/aromatic N) is 1. The Labute approximate surface area is 151 Å². The van der Waals surface area contributed by atoms with Crippen molar-refractivity contribution in [2.45, 2.75) is 24.7 Å². The molecule has 0 unspecified atom stereocenters. The molecular formula is C15H17ClF4N4O2. The van der Waals surface area contributed by atoms with Gasteiger partial charge in [0.05, 0.1) is 5.56 Å². The fraction of sp³-hybridized carbons (Fsp3) is 0.467. The maximum Gasteiger partial charge on any atom is 0.434 e. The summed E-state index contributed by atoms with van der Waals surface area (Å²) in [5.74, 6) is -0.958. The molecular weight excluding hydrogens is 380 g/mol. The Kier molecular flexibility index (Phi) is 5.97. The SMILES string of the molecule is Cl.O=c1[nH]nc(-c2ccc(C(F)(F)F)c(NCC3(F)CCNCC3)c2)o1. The Balaban J connectivity index is 0.00000243. The molecule has 2 heterocycles. The van der Waals surface area contributed by atoms with Gasteiger partial charge in [0.25, 0.3) is 0 Å². The maximum absolute atomic E-state index is 14.7. The summed E-state index contributed by atoms with van der Waals surface area (Å²) in [5.41, 5.74) is -2.62. The molecule has 1 saturated heterocycles. The van der Waals surface area contributed by atoms with E-state index < -0.39 is 23.2 Å². The fourth-order valence-corrected chi connectivity index (χ4v) is 2.73. The number of aromatic amines is 1. The van der Waals surface area contributed by atoms with E-state index in [1.165, 1.54) is 0 Å². The lowest BCUT2D eigenvalue weighted by atomic mass is 9.94. The zero-order valence-electron chi connectivity index (χ0n) is 13.5. The number of rotatable bonds is 4. The van der Waals surface area contributed by atoms with E-state index in [0.717, 1.165) is 18.2 Å². The lowest BCUT2D eigenvalue weighted by Gasteiger charge is -2.31. The minimum Gasteiger partial charge on any atom is -0.388 e. The molecule has 144 valence electrons. The molecule has 0 bridgehead atoms. The van der Waals surface area contributed by atoms with Crippen LogP contribution in [0.4, 0.5) is 23.2 Å². The average Bonchev–Trinajstić information content (AvgIpc) is 2.99. The van der Waals surface area contributed by atoms with Gasteiger partial charge in [-0.3, -0.25) is 0 Å². The predicted octanol–water partition coefficient (Wildman–Crippen LogP) is 2.97. The summed E-state index contributed by atoms with van der Waals surface area (Å²) in [6.45, 7) is 0.706. The second-order valence-electron chi connectivity index (χ2n) is 5.93. The quantitative estimate of drug-likeness (QED) is 0.692. The van der Waals surface area contributed by atoms with E-state index in [2.05, 4.69) is 15.7 Å². The topological polar surface area (TPSA) is 83.0 Å². The Bertz CT molecular complexity index is 799. The normalized spacial score (nSPS) is 16.8. The van der Waals surface area contributed by atoms with Crippen molar-refractivity contribution in [1.29, 1.82) is 0 Å². The number of halogens is 5. The molecule has 2 aromatic rings. The van der Waals surface area contributed by atoms with Crippen molar-refractivity contribution in [2.75, 3.05) is 25.0 Å². The van der Waals surface area contributed by atoms with E-state index >= 15 is 0 Å². The molecule has 6 nitrogen and oxygen atoms in total. The highest BCUT2D eigenvalue weighted by molar-refractivity contribution is 5.85. The van der Waals surface area contributed by atoms with Gasteiger partial charge < -0.3 is 15.1 Å². The smallest absolute Gasteiger partial charge is 0.388 e. The predicted molar refractivity (Wildman–Crippen MR) is 89.2 cm³/mol. The van der Waals surface area contributed by atoms with Gasteiger partial charge in [0, 0.05) is 17.8 Å². The Hall–Kier alpha value is -2.07. The second kappa shape index (κ2) is 7.67. The van der Waals surface area contributed by atoms with E-state index in [1.807, 2.05) is 5.10 Å². The summed E-state index contributed by atoms with van der Waals surface area (Å²) in [7, 11) is 0. The molecule has 0 aliphatic carbocycles.